The van der Waals surface area contributed by atoms with E-state index in [1.807, 2.05) is 6.92 Å². The Morgan fingerprint density at radius 2 is 2.19 bits per heavy atom. The quantitative estimate of drug-likeness (QED) is 0.803. The number of phenolic OH excluding ortho intramolecular Hbond substituents is 1. The molecule has 0 bridgehead atoms. The summed E-state index contributed by atoms with van der Waals surface area (Å²) in [6, 6.07) is 4.72. The smallest absolute Gasteiger partial charge is 0.306 e. The molecule has 0 amide bonds. The molecular weight excluding hydrogens is 208 g/mol. The van der Waals surface area contributed by atoms with Gasteiger partial charge in [0.25, 0.3) is 0 Å². The van der Waals surface area contributed by atoms with Gasteiger partial charge in [0.1, 0.15) is 11.5 Å². The van der Waals surface area contributed by atoms with Crippen LogP contribution in [0.1, 0.15) is 18.9 Å². The summed E-state index contributed by atoms with van der Waals surface area (Å²) in [6.45, 7) is 1.84. The zero-order valence-corrected chi connectivity index (χ0v) is 9.43. The largest absolute Gasteiger partial charge is 0.508 e. The molecule has 1 rings (SSSR count). The SMILES string of the molecule is CCC(Cc1ccc(O)cc1OC)C(=O)O. The van der Waals surface area contributed by atoms with Gasteiger partial charge in [0, 0.05) is 6.07 Å². The Morgan fingerprint density at radius 3 is 2.69 bits per heavy atom. The fourth-order valence-corrected chi connectivity index (χ4v) is 1.57. The average molecular weight is 224 g/mol. The van der Waals surface area contributed by atoms with Crippen LogP contribution >= 0.6 is 0 Å². The van der Waals surface area contributed by atoms with Crippen LogP contribution < -0.4 is 4.74 Å². The summed E-state index contributed by atoms with van der Waals surface area (Å²) in [5.41, 5.74) is 0.801. The van der Waals surface area contributed by atoms with Crippen molar-refractivity contribution in [3.63, 3.8) is 0 Å². The molecule has 0 radical (unpaired) electrons. The Hall–Kier alpha value is -1.71. The van der Waals surface area contributed by atoms with E-state index in [9.17, 15) is 9.90 Å². The minimum Gasteiger partial charge on any atom is -0.508 e. The van der Waals surface area contributed by atoms with E-state index in [1.54, 1.807) is 6.07 Å². The molecule has 4 nitrogen and oxygen atoms in total. The normalized spacial score (nSPS) is 12.1. The summed E-state index contributed by atoms with van der Waals surface area (Å²) in [6.07, 6.45) is 0.981. The number of aliphatic carboxylic acids is 1. The van der Waals surface area contributed by atoms with E-state index >= 15 is 0 Å². The second-order valence-corrected chi connectivity index (χ2v) is 3.64. The summed E-state index contributed by atoms with van der Waals surface area (Å²) >= 11 is 0. The fourth-order valence-electron chi connectivity index (χ4n) is 1.57. The molecule has 2 N–H and O–H groups in total. The lowest BCUT2D eigenvalue weighted by atomic mass is 9.96. The van der Waals surface area contributed by atoms with Gasteiger partial charge in [-0.15, -0.1) is 0 Å². The first-order valence-corrected chi connectivity index (χ1v) is 5.17. The summed E-state index contributed by atoms with van der Waals surface area (Å²) in [4.78, 5) is 10.9. The highest BCUT2D eigenvalue weighted by Gasteiger charge is 2.17. The molecule has 0 aromatic heterocycles. The Kier molecular flexibility index (Phi) is 4.17. The molecule has 0 saturated heterocycles. The lowest BCUT2D eigenvalue weighted by molar-refractivity contribution is -0.141. The molecule has 0 aliphatic heterocycles. The standard InChI is InChI=1S/C12H16O4/c1-3-8(12(14)15)6-9-4-5-10(13)7-11(9)16-2/h4-5,7-8,13H,3,6H2,1-2H3,(H,14,15). The van der Waals surface area contributed by atoms with Gasteiger partial charge >= 0.3 is 5.97 Å². The van der Waals surface area contributed by atoms with Gasteiger partial charge in [-0.25, -0.2) is 0 Å². The van der Waals surface area contributed by atoms with Crippen molar-refractivity contribution in [1.82, 2.24) is 0 Å². The molecule has 0 spiro atoms. The summed E-state index contributed by atoms with van der Waals surface area (Å²) in [5.74, 6) is -0.584. The molecule has 0 fully saturated rings. The molecular formula is C12H16O4. The fraction of sp³-hybridized carbons (Fsp3) is 0.417. The molecule has 1 unspecified atom stereocenters. The van der Waals surface area contributed by atoms with Crippen molar-refractivity contribution in [2.24, 2.45) is 5.92 Å². The Morgan fingerprint density at radius 1 is 1.50 bits per heavy atom. The molecule has 0 aliphatic rings. The number of hydrogen-bond acceptors (Lipinski definition) is 3. The highest BCUT2D eigenvalue weighted by Crippen LogP contribution is 2.26. The molecule has 4 heteroatoms. The van der Waals surface area contributed by atoms with Crippen LogP contribution in [0.4, 0.5) is 0 Å². The molecule has 16 heavy (non-hydrogen) atoms. The van der Waals surface area contributed by atoms with Gasteiger partial charge in [-0.3, -0.25) is 4.79 Å². The van der Waals surface area contributed by atoms with Gasteiger partial charge < -0.3 is 14.9 Å². The Balaban J connectivity index is 2.91. The maximum atomic E-state index is 10.9. The number of methoxy groups -OCH3 is 1. The first kappa shape index (κ1) is 12.4. The molecule has 1 aromatic carbocycles. The van der Waals surface area contributed by atoms with Crippen molar-refractivity contribution in [2.45, 2.75) is 19.8 Å². The van der Waals surface area contributed by atoms with Gasteiger partial charge in [0.15, 0.2) is 0 Å². The summed E-state index contributed by atoms with van der Waals surface area (Å²) in [5, 5.41) is 18.2. The monoisotopic (exact) mass is 224 g/mol. The molecule has 0 aliphatic carbocycles. The van der Waals surface area contributed by atoms with Gasteiger partial charge in [-0.05, 0) is 24.5 Å². The van der Waals surface area contributed by atoms with Crippen LogP contribution in [0.5, 0.6) is 11.5 Å². The highest BCUT2D eigenvalue weighted by atomic mass is 16.5. The Bertz CT molecular complexity index is 373. The second kappa shape index (κ2) is 5.39. The van der Waals surface area contributed by atoms with Crippen LogP contribution in [-0.2, 0) is 11.2 Å². The van der Waals surface area contributed by atoms with Crippen LogP contribution in [0.25, 0.3) is 0 Å². The molecule has 0 heterocycles. The number of carbonyl (C=O) groups is 1. The number of ether oxygens (including phenoxy) is 1. The van der Waals surface area contributed by atoms with Crippen molar-refractivity contribution in [2.75, 3.05) is 7.11 Å². The third kappa shape index (κ3) is 2.89. The van der Waals surface area contributed by atoms with E-state index in [0.717, 1.165) is 5.56 Å². The van der Waals surface area contributed by atoms with Gasteiger partial charge in [0.05, 0.1) is 13.0 Å². The van der Waals surface area contributed by atoms with E-state index in [0.29, 0.717) is 18.6 Å². The predicted molar refractivity (Wildman–Crippen MR) is 59.8 cm³/mol. The van der Waals surface area contributed by atoms with Gasteiger partial charge in [-0.2, -0.15) is 0 Å². The third-order valence-corrected chi connectivity index (χ3v) is 2.58. The molecule has 1 aromatic rings. The number of benzene rings is 1. The van der Waals surface area contributed by atoms with Crippen LogP contribution in [0.2, 0.25) is 0 Å². The van der Waals surface area contributed by atoms with Crippen molar-refractivity contribution >= 4 is 5.97 Å². The van der Waals surface area contributed by atoms with Crippen molar-refractivity contribution in [3.05, 3.63) is 23.8 Å². The first-order chi connectivity index (χ1) is 7.58. The van der Waals surface area contributed by atoms with E-state index < -0.39 is 11.9 Å². The van der Waals surface area contributed by atoms with Crippen LogP contribution in [0.15, 0.2) is 18.2 Å². The lowest BCUT2D eigenvalue weighted by Crippen LogP contribution is -2.15. The van der Waals surface area contributed by atoms with Crippen molar-refractivity contribution in [1.29, 1.82) is 0 Å². The van der Waals surface area contributed by atoms with E-state index in [4.69, 9.17) is 9.84 Å². The lowest BCUT2D eigenvalue weighted by Gasteiger charge is -2.13. The van der Waals surface area contributed by atoms with Gasteiger partial charge in [0.2, 0.25) is 0 Å². The first-order valence-electron chi connectivity index (χ1n) is 5.17. The number of carboxylic acids is 1. The second-order valence-electron chi connectivity index (χ2n) is 3.64. The molecule has 0 saturated carbocycles. The number of phenols is 1. The maximum absolute atomic E-state index is 10.9. The zero-order valence-electron chi connectivity index (χ0n) is 9.43. The van der Waals surface area contributed by atoms with E-state index in [-0.39, 0.29) is 5.75 Å². The van der Waals surface area contributed by atoms with Crippen LogP contribution in [-0.4, -0.2) is 23.3 Å². The number of hydrogen-bond donors (Lipinski definition) is 2. The number of carboxylic acid groups (broad SMARTS) is 1. The Labute approximate surface area is 94.5 Å². The van der Waals surface area contributed by atoms with Gasteiger partial charge in [-0.1, -0.05) is 13.0 Å². The third-order valence-electron chi connectivity index (χ3n) is 2.58. The zero-order chi connectivity index (χ0) is 12.1. The maximum Gasteiger partial charge on any atom is 0.306 e. The number of rotatable bonds is 5. The topological polar surface area (TPSA) is 66.8 Å². The summed E-state index contributed by atoms with van der Waals surface area (Å²) < 4.78 is 5.10. The predicted octanol–water partition coefficient (Wildman–Crippen LogP) is 2.05. The van der Waals surface area contributed by atoms with Crippen LogP contribution in [0.3, 0.4) is 0 Å². The minimum atomic E-state index is -0.808. The number of aromatic hydroxyl groups is 1. The van der Waals surface area contributed by atoms with Crippen LogP contribution in [0, 0.1) is 5.92 Å². The highest BCUT2D eigenvalue weighted by molar-refractivity contribution is 5.70. The van der Waals surface area contributed by atoms with E-state index in [1.165, 1.54) is 19.2 Å². The molecule has 88 valence electrons. The van der Waals surface area contributed by atoms with Crippen molar-refractivity contribution < 1.29 is 19.7 Å². The summed E-state index contributed by atoms with van der Waals surface area (Å²) in [7, 11) is 1.50. The van der Waals surface area contributed by atoms with Crippen molar-refractivity contribution in [3.8, 4) is 11.5 Å². The van der Waals surface area contributed by atoms with E-state index in [2.05, 4.69) is 0 Å². The molecule has 1 atom stereocenters. The minimum absolute atomic E-state index is 0.115. The average Bonchev–Trinajstić information content (AvgIpc) is 2.26.